The van der Waals surface area contributed by atoms with Crippen LogP contribution in [0.1, 0.15) is 19.4 Å². The molecular weight excluding hydrogens is 285 g/mol. The van der Waals surface area contributed by atoms with Crippen molar-refractivity contribution in [3.05, 3.63) is 34.3 Å². The van der Waals surface area contributed by atoms with Crippen molar-refractivity contribution in [2.45, 2.75) is 26.4 Å². The van der Waals surface area contributed by atoms with Crippen LogP contribution in [0.25, 0.3) is 0 Å². The van der Waals surface area contributed by atoms with Gasteiger partial charge in [0.2, 0.25) is 0 Å². The highest BCUT2D eigenvalue weighted by Crippen LogP contribution is 2.28. The highest BCUT2D eigenvalue weighted by Gasteiger charge is 2.07. The Bertz CT molecular complexity index is 433. The smallest absolute Gasteiger partial charge is 0.161 e. The van der Waals surface area contributed by atoms with Crippen LogP contribution < -0.4 is 14.8 Å². The van der Waals surface area contributed by atoms with E-state index < -0.39 is 0 Å². The maximum Gasteiger partial charge on any atom is 0.161 e. The van der Waals surface area contributed by atoms with Crippen LogP contribution in [-0.2, 0) is 6.54 Å². The second-order valence-electron chi connectivity index (χ2n) is 4.37. The van der Waals surface area contributed by atoms with Crippen LogP contribution in [0.5, 0.6) is 11.5 Å². The Kier molecular flexibility index (Phi) is 7.06. The van der Waals surface area contributed by atoms with E-state index in [0.717, 1.165) is 12.1 Å². The Hall–Kier alpha value is -0.900. The fourth-order valence-electron chi connectivity index (χ4n) is 1.44. The largest absolute Gasteiger partial charge is 0.493 e. The Morgan fingerprint density at radius 1 is 1.37 bits per heavy atom. The summed E-state index contributed by atoms with van der Waals surface area (Å²) in [6, 6.07) is 6.25. The van der Waals surface area contributed by atoms with Gasteiger partial charge in [0.15, 0.2) is 11.5 Å². The summed E-state index contributed by atoms with van der Waals surface area (Å²) in [4.78, 5) is 0. The van der Waals surface area contributed by atoms with Gasteiger partial charge >= 0.3 is 0 Å². The van der Waals surface area contributed by atoms with Gasteiger partial charge in [0, 0.05) is 18.1 Å². The van der Waals surface area contributed by atoms with Crippen LogP contribution in [0.4, 0.5) is 0 Å². The number of nitrogens with one attached hydrogen (secondary N) is 1. The summed E-state index contributed by atoms with van der Waals surface area (Å²) in [5, 5.41) is 3.79. The Balaban J connectivity index is 2.72. The highest BCUT2D eigenvalue weighted by atomic mass is 35.5. The van der Waals surface area contributed by atoms with Crippen molar-refractivity contribution in [2.24, 2.45) is 0 Å². The first kappa shape index (κ1) is 16.2. The second-order valence-corrected chi connectivity index (χ2v) is 5.07. The third-order valence-corrected chi connectivity index (χ3v) is 3.02. The molecule has 1 aromatic carbocycles. The van der Waals surface area contributed by atoms with Crippen LogP contribution >= 0.6 is 23.2 Å². The first-order chi connectivity index (χ1) is 9.06. The monoisotopic (exact) mass is 303 g/mol. The fourth-order valence-corrected chi connectivity index (χ4v) is 1.56. The fraction of sp³-hybridized carbons (Fsp3) is 0.429. The third kappa shape index (κ3) is 5.72. The van der Waals surface area contributed by atoms with Gasteiger partial charge in [0.1, 0.15) is 6.61 Å². The van der Waals surface area contributed by atoms with E-state index in [2.05, 4.69) is 19.2 Å². The van der Waals surface area contributed by atoms with Crippen molar-refractivity contribution in [1.82, 2.24) is 5.32 Å². The van der Waals surface area contributed by atoms with E-state index in [0.29, 0.717) is 22.6 Å². The van der Waals surface area contributed by atoms with Gasteiger partial charge in [-0.1, -0.05) is 43.1 Å². The van der Waals surface area contributed by atoms with Crippen molar-refractivity contribution in [3.63, 3.8) is 0 Å². The molecule has 19 heavy (non-hydrogen) atoms. The molecule has 0 saturated carbocycles. The summed E-state index contributed by atoms with van der Waals surface area (Å²) in [6.45, 7) is 5.23. The zero-order valence-corrected chi connectivity index (χ0v) is 12.9. The normalized spacial score (nSPS) is 11.8. The highest BCUT2D eigenvalue weighted by molar-refractivity contribution is 6.36. The lowest BCUT2D eigenvalue weighted by molar-refractivity contribution is 0.323. The van der Waals surface area contributed by atoms with Crippen molar-refractivity contribution >= 4 is 23.2 Å². The number of hydrogen-bond acceptors (Lipinski definition) is 3. The molecule has 0 radical (unpaired) electrons. The number of benzene rings is 1. The van der Waals surface area contributed by atoms with Crippen LogP contribution in [0.3, 0.4) is 0 Å². The Labute approximate surface area is 124 Å². The molecule has 1 N–H and O–H groups in total. The number of halogens is 2. The molecule has 0 fully saturated rings. The molecule has 0 aliphatic carbocycles. The van der Waals surface area contributed by atoms with Crippen molar-refractivity contribution in [2.75, 3.05) is 13.7 Å². The minimum atomic E-state index is 0.227. The van der Waals surface area contributed by atoms with Crippen molar-refractivity contribution in [3.8, 4) is 11.5 Å². The average molecular weight is 304 g/mol. The minimum Gasteiger partial charge on any atom is -0.493 e. The van der Waals surface area contributed by atoms with Crippen LogP contribution in [0.2, 0.25) is 0 Å². The second kappa shape index (κ2) is 8.31. The number of ether oxygens (including phenoxy) is 2. The van der Waals surface area contributed by atoms with E-state index >= 15 is 0 Å². The van der Waals surface area contributed by atoms with Gasteiger partial charge < -0.3 is 14.8 Å². The summed E-state index contributed by atoms with van der Waals surface area (Å²) in [5.41, 5.74) is 2.42. The molecule has 0 heterocycles. The third-order valence-electron chi connectivity index (χ3n) is 2.43. The predicted octanol–water partition coefficient (Wildman–Crippen LogP) is 3.89. The van der Waals surface area contributed by atoms with Gasteiger partial charge in [-0.25, -0.2) is 0 Å². The molecule has 1 aromatic rings. The van der Waals surface area contributed by atoms with E-state index in [9.17, 15) is 0 Å². The maximum absolute atomic E-state index is 5.78. The minimum absolute atomic E-state index is 0.227. The van der Waals surface area contributed by atoms with Crippen molar-refractivity contribution < 1.29 is 9.47 Å². The summed E-state index contributed by atoms with van der Waals surface area (Å²) in [7, 11) is 1.61. The van der Waals surface area contributed by atoms with Crippen LogP contribution in [-0.4, -0.2) is 19.8 Å². The first-order valence-electron chi connectivity index (χ1n) is 6.04. The summed E-state index contributed by atoms with van der Waals surface area (Å²) in [5.74, 6) is 1.33. The molecule has 0 spiro atoms. The Morgan fingerprint density at radius 3 is 2.68 bits per heavy atom. The molecule has 0 unspecified atom stereocenters. The van der Waals surface area contributed by atoms with Gasteiger partial charge in [-0.2, -0.15) is 0 Å². The predicted molar refractivity (Wildman–Crippen MR) is 80.3 cm³/mol. The molecule has 0 aliphatic rings. The van der Waals surface area contributed by atoms with Gasteiger partial charge in [-0.15, -0.1) is 0 Å². The van der Waals surface area contributed by atoms with E-state index in [1.54, 1.807) is 7.11 Å². The van der Waals surface area contributed by atoms with E-state index in [-0.39, 0.29) is 6.61 Å². The molecule has 0 aromatic heterocycles. The SMILES string of the molecule is COc1cc(CNC(C)C)ccc1OCC(Cl)=CCl. The molecule has 0 atom stereocenters. The van der Waals surface area contributed by atoms with Gasteiger partial charge in [-0.3, -0.25) is 0 Å². The number of rotatable bonds is 7. The molecule has 106 valence electrons. The molecular formula is C14H19Cl2NO2. The quantitative estimate of drug-likeness (QED) is 0.829. The topological polar surface area (TPSA) is 30.5 Å². The summed E-state index contributed by atoms with van der Waals surface area (Å²) >= 11 is 11.3. The van der Waals surface area contributed by atoms with Crippen LogP contribution in [0, 0.1) is 0 Å². The maximum atomic E-state index is 5.78. The van der Waals surface area contributed by atoms with E-state index in [4.69, 9.17) is 32.7 Å². The van der Waals surface area contributed by atoms with Crippen molar-refractivity contribution in [1.29, 1.82) is 0 Å². The van der Waals surface area contributed by atoms with E-state index in [1.165, 1.54) is 5.54 Å². The van der Waals surface area contributed by atoms with E-state index in [1.807, 2.05) is 18.2 Å². The molecule has 1 rings (SSSR count). The average Bonchev–Trinajstić information content (AvgIpc) is 2.42. The van der Waals surface area contributed by atoms with Gasteiger partial charge in [0.25, 0.3) is 0 Å². The molecule has 0 amide bonds. The lowest BCUT2D eigenvalue weighted by Gasteiger charge is -2.13. The lowest BCUT2D eigenvalue weighted by atomic mass is 10.2. The summed E-state index contributed by atoms with van der Waals surface area (Å²) in [6.07, 6.45) is 0. The summed E-state index contributed by atoms with van der Waals surface area (Å²) < 4.78 is 10.8. The molecule has 0 bridgehead atoms. The lowest BCUT2D eigenvalue weighted by Crippen LogP contribution is -2.21. The number of methoxy groups -OCH3 is 1. The molecule has 0 aliphatic heterocycles. The molecule has 0 saturated heterocycles. The first-order valence-corrected chi connectivity index (χ1v) is 6.86. The Morgan fingerprint density at radius 2 is 2.11 bits per heavy atom. The van der Waals surface area contributed by atoms with Gasteiger partial charge in [-0.05, 0) is 17.7 Å². The number of hydrogen-bond donors (Lipinski definition) is 1. The standard InChI is InChI=1S/C14H19Cl2NO2/c1-10(2)17-8-11-4-5-13(14(6-11)18-3)19-9-12(16)7-15/h4-7,10,17H,8-9H2,1-3H3. The van der Waals surface area contributed by atoms with Gasteiger partial charge in [0.05, 0.1) is 12.1 Å². The zero-order chi connectivity index (χ0) is 14.3. The zero-order valence-electron chi connectivity index (χ0n) is 11.4. The molecule has 3 nitrogen and oxygen atoms in total. The van der Waals surface area contributed by atoms with Crippen LogP contribution in [0.15, 0.2) is 28.8 Å². The molecule has 5 heteroatoms.